The van der Waals surface area contributed by atoms with E-state index in [0.29, 0.717) is 5.69 Å². The van der Waals surface area contributed by atoms with Crippen LogP contribution in [-0.4, -0.2) is 14.5 Å². The third-order valence-electron chi connectivity index (χ3n) is 2.70. The summed E-state index contributed by atoms with van der Waals surface area (Å²) in [5.74, 6) is 0. The van der Waals surface area contributed by atoms with E-state index in [-0.39, 0.29) is 6.04 Å². The predicted molar refractivity (Wildman–Crippen MR) is 61.5 cm³/mol. The highest BCUT2D eigenvalue weighted by Crippen LogP contribution is 2.33. The van der Waals surface area contributed by atoms with Gasteiger partial charge in [-0.2, -0.15) is 8.42 Å². The highest BCUT2D eigenvalue weighted by molar-refractivity contribution is 8.14. The zero-order valence-corrected chi connectivity index (χ0v) is 9.92. The van der Waals surface area contributed by atoms with E-state index in [9.17, 15) is 8.42 Å². The van der Waals surface area contributed by atoms with Crippen LogP contribution in [-0.2, 0) is 15.7 Å². The largest absolute Gasteiger partial charge is 0.321 e. The van der Waals surface area contributed by atoms with Crippen LogP contribution in [0.1, 0.15) is 18.9 Å². The second-order valence-corrected chi connectivity index (χ2v) is 6.14. The van der Waals surface area contributed by atoms with E-state index in [2.05, 4.69) is 0 Å². The summed E-state index contributed by atoms with van der Waals surface area (Å²) < 4.78 is 24.2. The van der Waals surface area contributed by atoms with Crippen LogP contribution >= 0.6 is 10.7 Å². The molecule has 0 spiro atoms. The molecule has 1 heterocycles. The minimum atomic E-state index is -3.68. The number of hydrogen-bond donors (Lipinski definition) is 0. The van der Waals surface area contributed by atoms with Gasteiger partial charge in [0.15, 0.2) is 0 Å². The minimum absolute atomic E-state index is 0.0672. The quantitative estimate of drug-likeness (QED) is 0.712. The molecule has 0 saturated carbocycles. The maximum absolute atomic E-state index is 11.5. The summed E-state index contributed by atoms with van der Waals surface area (Å²) in [6.07, 6.45) is 1.71. The first-order valence-corrected chi connectivity index (χ1v) is 7.08. The SMILES string of the molecule is CC1CCc2ccccc2N1S(=O)(=O)Cl. The molecule has 2 rings (SSSR count). The van der Waals surface area contributed by atoms with E-state index in [4.69, 9.17) is 10.7 Å². The maximum Gasteiger partial charge on any atom is 0.321 e. The lowest BCUT2D eigenvalue weighted by molar-refractivity contribution is 0.575. The number of halogens is 1. The number of fused-ring (bicyclic) bond motifs is 1. The lowest BCUT2D eigenvalue weighted by Crippen LogP contribution is -2.39. The van der Waals surface area contributed by atoms with Gasteiger partial charge in [0.05, 0.1) is 5.69 Å². The van der Waals surface area contributed by atoms with Crippen molar-refractivity contribution in [3.8, 4) is 0 Å². The minimum Gasteiger partial charge on any atom is -0.255 e. The first-order chi connectivity index (χ1) is 7.00. The van der Waals surface area contributed by atoms with E-state index < -0.39 is 9.24 Å². The Morgan fingerprint density at radius 3 is 2.73 bits per heavy atom. The number of hydrogen-bond acceptors (Lipinski definition) is 2. The number of para-hydroxylation sites is 1. The zero-order chi connectivity index (χ0) is 11.1. The predicted octanol–water partition coefficient (Wildman–Crippen LogP) is 2.31. The van der Waals surface area contributed by atoms with Crippen molar-refractivity contribution < 1.29 is 8.42 Å². The van der Waals surface area contributed by atoms with Gasteiger partial charge in [-0.15, -0.1) is 0 Å². The monoisotopic (exact) mass is 245 g/mol. The average molecular weight is 246 g/mol. The molecule has 0 saturated heterocycles. The number of nitrogens with zero attached hydrogens (tertiary/aromatic N) is 1. The van der Waals surface area contributed by atoms with Gasteiger partial charge in [0.2, 0.25) is 0 Å². The Kier molecular flexibility index (Phi) is 2.64. The van der Waals surface area contributed by atoms with E-state index >= 15 is 0 Å². The average Bonchev–Trinajstić information content (AvgIpc) is 2.15. The van der Waals surface area contributed by atoms with Crippen molar-refractivity contribution >= 4 is 25.6 Å². The Labute approximate surface area is 94.2 Å². The maximum atomic E-state index is 11.5. The van der Waals surface area contributed by atoms with Crippen LogP contribution in [0.15, 0.2) is 24.3 Å². The molecule has 1 unspecified atom stereocenters. The van der Waals surface area contributed by atoms with Gasteiger partial charge in [-0.1, -0.05) is 18.2 Å². The van der Waals surface area contributed by atoms with Crippen molar-refractivity contribution in [2.24, 2.45) is 0 Å². The zero-order valence-electron chi connectivity index (χ0n) is 8.35. The Hall–Kier alpha value is -0.740. The van der Waals surface area contributed by atoms with Gasteiger partial charge in [0, 0.05) is 16.7 Å². The molecule has 1 aromatic rings. The van der Waals surface area contributed by atoms with E-state index in [0.717, 1.165) is 18.4 Å². The van der Waals surface area contributed by atoms with Crippen molar-refractivity contribution in [1.82, 2.24) is 0 Å². The summed E-state index contributed by atoms with van der Waals surface area (Å²) in [5, 5.41) is 0. The molecule has 0 aromatic heterocycles. The van der Waals surface area contributed by atoms with Crippen molar-refractivity contribution in [3.05, 3.63) is 29.8 Å². The van der Waals surface area contributed by atoms with Crippen molar-refractivity contribution in [1.29, 1.82) is 0 Å². The fourth-order valence-electron chi connectivity index (χ4n) is 1.99. The number of rotatable bonds is 1. The molecule has 1 aliphatic heterocycles. The molecule has 0 bridgehead atoms. The van der Waals surface area contributed by atoms with Gasteiger partial charge in [0.25, 0.3) is 0 Å². The molecule has 0 radical (unpaired) electrons. The molecule has 1 aromatic carbocycles. The van der Waals surface area contributed by atoms with Crippen LogP contribution in [0.5, 0.6) is 0 Å². The van der Waals surface area contributed by atoms with E-state index in [1.54, 1.807) is 6.07 Å². The molecule has 1 atom stereocenters. The second-order valence-electron chi connectivity index (χ2n) is 3.75. The summed E-state index contributed by atoms with van der Waals surface area (Å²) in [7, 11) is 1.75. The Morgan fingerprint density at radius 1 is 1.40 bits per heavy atom. The molecule has 0 amide bonds. The summed E-state index contributed by atoms with van der Waals surface area (Å²) >= 11 is 0. The topological polar surface area (TPSA) is 37.4 Å². The van der Waals surface area contributed by atoms with Crippen LogP contribution in [0.3, 0.4) is 0 Å². The first-order valence-electron chi connectivity index (χ1n) is 4.82. The van der Waals surface area contributed by atoms with Gasteiger partial charge < -0.3 is 0 Å². The fourth-order valence-corrected chi connectivity index (χ4v) is 3.57. The van der Waals surface area contributed by atoms with Crippen molar-refractivity contribution in [3.63, 3.8) is 0 Å². The molecule has 15 heavy (non-hydrogen) atoms. The van der Waals surface area contributed by atoms with Crippen LogP contribution < -0.4 is 4.31 Å². The first kappa shape index (κ1) is 10.8. The molecule has 0 aliphatic carbocycles. The molecular formula is C10H12ClNO2S. The summed E-state index contributed by atoms with van der Waals surface area (Å²) in [4.78, 5) is 0. The van der Waals surface area contributed by atoms with Gasteiger partial charge in [-0.25, -0.2) is 0 Å². The molecule has 3 nitrogen and oxygen atoms in total. The Morgan fingerprint density at radius 2 is 2.07 bits per heavy atom. The standard InChI is InChI=1S/C10H12ClNO2S/c1-8-6-7-9-4-2-3-5-10(9)12(8)15(11,13)14/h2-5,8H,6-7H2,1H3. The summed E-state index contributed by atoms with van der Waals surface area (Å²) in [6.45, 7) is 1.87. The summed E-state index contributed by atoms with van der Waals surface area (Å²) in [5.41, 5.74) is 1.76. The summed E-state index contributed by atoms with van der Waals surface area (Å²) in [6, 6.07) is 7.41. The molecule has 5 heteroatoms. The molecular weight excluding hydrogens is 234 g/mol. The smallest absolute Gasteiger partial charge is 0.255 e. The second kappa shape index (κ2) is 3.68. The van der Waals surface area contributed by atoms with Gasteiger partial charge >= 0.3 is 9.24 Å². The highest BCUT2D eigenvalue weighted by atomic mass is 35.7. The fraction of sp³-hybridized carbons (Fsp3) is 0.400. The van der Waals surface area contributed by atoms with Crippen molar-refractivity contribution in [2.75, 3.05) is 4.31 Å². The van der Waals surface area contributed by atoms with Gasteiger partial charge in [0.1, 0.15) is 0 Å². The molecule has 0 fully saturated rings. The molecule has 0 N–H and O–H groups in total. The number of benzene rings is 1. The lowest BCUT2D eigenvalue weighted by atomic mass is 9.99. The molecule has 1 aliphatic rings. The lowest BCUT2D eigenvalue weighted by Gasteiger charge is -2.33. The highest BCUT2D eigenvalue weighted by Gasteiger charge is 2.30. The normalized spacial score (nSPS) is 21.2. The van der Waals surface area contributed by atoms with Gasteiger partial charge in [-0.05, 0) is 31.4 Å². The van der Waals surface area contributed by atoms with Crippen LogP contribution in [0, 0.1) is 0 Å². The number of aryl methyl sites for hydroxylation is 1. The van der Waals surface area contributed by atoms with E-state index in [1.807, 2.05) is 25.1 Å². The van der Waals surface area contributed by atoms with Gasteiger partial charge in [-0.3, -0.25) is 4.31 Å². The Balaban J connectivity index is 2.56. The van der Waals surface area contributed by atoms with Crippen LogP contribution in [0.25, 0.3) is 0 Å². The van der Waals surface area contributed by atoms with E-state index in [1.165, 1.54) is 4.31 Å². The third kappa shape index (κ3) is 1.96. The Bertz CT molecular complexity index is 472. The van der Waals surface area contributed by atoms with Crippen molar-refractivity contribution in [2.45, 2.75) is 25.8 Å². The van der Waals surface area contributed by atoms with Crippen LogP contribution in [0.2, 0.25) is 0 Å². The molecule has 82 valence electrons. The third-order valence-corrected chi connectivity index (χ3v) is 4.17. The van der Waals surface area contributed by atoms with Crippen LogP contribution in [0.4, 0.5) is 5.69 Å². The number of anilines is 1.